The number of piperidine rings is 1. The topological polar surface area (TPSA) is 143 Å². The predicted octanol–water partition coefficient (Wildman–Crippen LogP) is 5.33. The Labute approximate surface area is 262 Å². The number of nitrogens with one attached hydrogen (secondary N) is 2. The number of halogens is 2. The van der Waals surface area contributed by atoms with Gasteiger partial charge in [-0.3, -0.25) is 4.79 Å². The van der Waals surface area contributed by atoms with Crippen LogP contribution in [0.5, 0.6) is 0 Å². The highest BCUT2D eigenvalue weighted by Gasteiger charge is 2.28. The molecule has 0 saturated carbocycles. The molecule has 0 unspecified atom stereocenters. The van der Waals surface area contributed by atoms with Crippen LogP contribution in [0, 0.1) is 11.6 Å². The molecule has 1 fully saturated rings. The average Bonchev–Trinajstić information content (AvgIpc) is 3.54. The largest absolute Gasteiger partial charge is 0.383 e. The number of sulfonamides is 1. The first-order valence-corrected chi connectivity index (χ1v) is 16.5. The fourth-order valence-corrected chi connectivity index (χ4v) is 7.54. The number of aromatic nitrogens is 3. The van der Waals surface area contributed by atoms with E-state index in [2.05, 4.69) is 25.6 Å². The van der Waals surface area contributed by atoms with Crippen molar-refractivity contribution in [2.75, 3.05) is 24.1 Å². The smallest absolute Gasteiger partial charge is 0.255 e. The van der Waals surface area contributed by atoms with Gasteiger partial charge in [0.05, 0.1) is 17.6 Å². The third-order valence-electron chi connectivity index (χ3n) is 7.54. The van der Waals surface area contributed by atoms with Crippen LogP contribution in [0.2, 0.25) is 0 Å². The Morgan fingerprint density at radius 1 is 0.933 bits per heavy atom. The normalized spacial score (nSPS) is 14.0. The molecule has 1 aliphatic rings. The zero-order chi connectivity index (χ0) is 31.6. The number of benzene rings is 2. The minimum absolute atomic E-state index is 0.0115. The van der Waals surface area contributed by atoms with E-state index in [1.165, 1.54) is 40.3 Å². The summed E-state index contributed by atoms with van der Waals surface area (Å²) in [5.41, 5.74) is 8.08. The van der Waals surface area contributed by atoms with E-state index in [-0.39, 0.29) is 22.8 Å². The van der Waals surface area contributed by atoms with Crippen LogP contribution >= 0.6 is 11.3 Å². The predicted molar refractivity (Wildman–Crippen MR) is 169 cm³/mol. The monoisotopic (exact) mass is 649 g/mol. The summed E-state index contributed by atoms with van der Waals surface area (Å²) < 4.78 is 55.3. The zero-order valence-electron chi connectivity index (χ0n) is 24.0. The molecule has 3 aromatic heterocycles. The van der Waals surface area contributed by atoms with Crippen molar-refractivity contribution >= 4 is 49.8 Å². The van der Waals surface area contributed by atoms with Gasteiger partial charge in [0.15, 0.2) is 11.6 Å². The third-order valence-corrected chi connectivity index (χ3v) is 10.5. The maximum absolute atomic E-state index is 13.7. The fraction of sp³-hybridized carbons (Fsp3) is 0.226. The summed E-state index contributed by atoms with van der Waals surface area (Å²) in [7, 11) is -3.87. The summed E-state index contributed by atoms with van der Waals surface area (Å²) in [6.45, 7) is 1.00. The van der Waals surface area contributed by atoms with E-state index >= 15 is 0 Å². The first kappa shape index (κ1) is 30.5. The zero-order valence-corrected chi connectivity index (χ0v) is 25.6. The lowest BCUT2D eigenvalue weighted by Gasteiger charge is -2.26. The van der Waals surface area contributed by atoms with E-state index in [1.807, 2.05) is 30.3 Å². The minimum Gasteiger partial charge on any atom is -0.383 e. The maximum Gasteiger partial charge on any atom is 0.255 e. The summed E-state index contributed by atoms with van der Waals surface area (Å²) in [6.07, 6.45) is 5.15. The van der Waals surface area contributed by atoms with Crippen molar-refractivity contribution in [1.82, 2.24) is 24.6 Å². The number of hydrogen-bond acceptors (Lipinski definition) is 9. The fourth-order valence-electron chi connectivity index (χ4n) is 5.11. The molecule has 0 atom stereocenters. The molecule has 1 saturated heterocycles. The lowest BCUT2D eigenvalue weighted by molar-refractivity contribution is 0.0951. The van der Waals surface area contributed by atoms with Gasteiger partial charge in [0, 0.05) is 41.0 Å². The number of nitrogens with two attached hydrogens (primary N) is 1. The first-order valence-electron chi connectivity index (χ1n) is 14.2. The number of nitrogen functional groups attached to an aromatic ring is 1. The van der Waals surface area contributed by atoms with Crippen LogP contribution in [-0.4, -0.2) is 46.7 Å². The van der Waals surface area contributed by atoms with Crippen LogP contribution in [0.3, 0.4) is 0 Å². The Kier molecular flexibility index (Phi) is 8.70. The minimum atomic E-state index is -3.87. The van der Waals surface area contributed by atoms with Gasteiger partial charge < -0.3 is 16.4 Å². The molecule has 1 aliphatic heterocycles. The standard InChI is InChI=1S/C31H29F2N7O3S2/c32-25-7-4-19(12-26(25)33)15-37-31(41)24-14-22(45(42,43)40-10-2-1-3-11-40)17-36-30(24)35-16-21-6-9-28(44-21)20-5-8-27-23(13-20)29(34)39-18-38-27/h4-9,12-14,17-18H,1-3,10-11,15-16H2,(H,35,36)(H,37,41)(H2,34,38,39). The highest BCUT2D eigenvalue weighted by atomic mass is 32.2. The van der Waals surface area contributed by atoms with E-state index in [4.69, 9.17) is 5.73 Å². The van der Waals surface area contributed by atoms with Crippen LogP contribution in [-0.2, 0) is 23.1 Å². The number of carbonyl (C=O) groups excluding carboxylic acids is 1. The highest BCUT2D eigenvalue weighted by molar-refractivity contribution is 7.89. The molecule has 232 valence electrons. The lowest BCUT2D eigenvalue weighted by atomic mass is 10.1. The molecule has 14 heteroatoms. The summed E-state index contributed by atoms with van der Waals surface area (Å²) in [4.78, 5) is 27.9. The second kappa shape index (κ2) is 12.8. The molecule has 1 amide bonds. The molecular formula is C31H29F2N7O3S2. The second-order valence-corrected chi connectivity index (χ2v) is 13.7. The Morgan fingerprint density at radius 2 is 1.76 bits per heavy atom. The summed E-state index contributed by atoms with van der Waals surface area (Å²) in [5.74, 6) is -2.07. The molecule has 4 N–H and O–H groups in total. The van der Waals surface area contributed by atoms with Gasteiger partial charge in [0.1, 0.15) is 22.9 Å². The van der Waals surface area contributed by atoms with Crippen molar-refractivity contribution in [1.29, 1.82) is 0 Å². The number of rotatable bonds is 9. The third kappa shape index (κ3) is 6.62. The van der Waals surface area contributed by atoms with Crippen LogP contribution in [0.1, 0.15) is 40.1 Å². The van der Waals surface area contributed by atoms with E-state index < -0.39 is 27.6 Å². The number of fused-ring (bicyclic) bond motifs is 1. The van der Waals surface area contributed by atoms with Crippen molar-refractivity contribution in [3.8, 4) is 10.4 Å². The van der Waals surface area contributed by atoms with Crippen LogP contribution < -0.4 is 16.4 Å². The Morgan fingerprint density at radius 3 is 2.56 bits per heavy atom. The van der Waals surface area contributed by atoms with Crippen molar-refractivity contribution in [3.63, 3.8) is 0 Å². The number of carbonyl (C=O) groups is 1. The molecule has 5 aromatic rings. The Balaban J connectivity index is 1.24. The SMILES string of the molecule is Nc1ncnc2ccc(-c3ccc(CNc4ncc(S(=O)(=O)N5CCCCC5)cc4C(=O)NCc4ccc(F)c(F)c4)s3)cc12. The van der Waals surface area contributed by atoms with Gasteiger partial charge in [0.25, 0.3) is 5.91 Å². The Bertz CT molecular complexity index is 2000. The molecule has 0 aliphatic carbocycles. The van der Waals surface area contributed by atoms with E-state index in [9.17, 15) is 22.0 Å². The maximum atomic E-state index is 13.7. The van der Waals surface area contributed by atoms with E-state index in [0.29, 0.717) is 31.0 Å². The molecule has 10 nitrogen and oxygen atoms in total. The van der Waals surface area contributed by atoms with Gasteiger partial charge in [-0.2, -0.15) is 4.31 Å². The number of hydrogen-bond donors (Lipinski definition) is 3. The van der Waals surface area contributed by atoms with Gasteiger partial charge in [-0.25, -0.2) is 32.2 Å². The second-order valence-electron chi connectivity index (χ2n) is 10.6. The quantitative estimate of drug-likeness (QED) is 0.195. The van der Waals surface area contributed by atoms with Gasteiger partial charge >= 0.3 is 0 Å². The van der Waals surface area contributed by atoms with Crippen LogP contribution in [0.25, 0.3) is 21.3 Å². The number of anilines is 2. The molecule has 0 spiro atoms. The molecular weight excluding hydrogens is 621 g/mol. The van der Waals surface area contributed by atoms with Gasteiger partial charge in [-0.15, -0.1) is 11.3 Å². The van der Waals surface area contributed by atoms with Crippen molar-refractivity contribution in [2.45, 2.75) is 37.2 Å². The number of nitrogens with zero attached hydrogens (tertiary/aromatic N) is 4. The summed E-state index contributed by atoms with van der Waals surface area (Å²) in [5, 5.41) is 6.59. The molecule has 0 bridgehead atoms. The van der Waals surface area contributed by atoms with E-state index in [1.54, 1.807) is 0 Å². The van der Waals surface area contributed by atoms with Crippen LogP contribution in [0.4, 0.5) is 20.4 Å². The number of thiophene rings is 1. The molecule has 45 heavy (non-hydrogen) atoms. The van der Waals surface area contributed by atoms with Crippen molar-refractivity contribution in [2.24, 2.45) is 0 Å². The molecule has 6 rings (SSSR count). The van der Waals surface area contributed by atoms with Crippen molar-refractivity contribution in [3.05, 3.63) is 94.8 Å². The van der Waals surface area contributed by atoms with Gasteiger partial charge in [-0.05, 0) is 66.4 Å². The molecule has 4 heterocycles. The van der Waals surface area contributed by atoms with Gasteiger partial charge in [0.2, 0.25) is 10.0 Å². The Hall–Kier alpha value is -4.53. The molecule has 0 radical (unpaired) electrons. The summed E-state index contributed by atoms with van der Waals surface area (Å²) >= 11 is 1.53. The lowest BCUT2D eigenvalue weighted by Crippen LogP contribution is -2.36. The summed E-state index contributed by atoms with van der Waals surface area (Å²) in [6, 6.07) is 14.3. The van der Waals surface area contributed by atoms with Gasteiger partial charge in [-0.1, -0.05) is 18.6 Å². The van der Waals surface area contributed by atoms with Crippen LogP contribution in [0.15, 0.2) is 72.0 Å². The number of pyridine rings is 1. The average molecular weight is 650 g/mol. The van der Waals surface area contributed by atoms with E-state index in [0.717, 1.165) is 57.6 Å². The highest BCUT2D eigenvalue weighted by Crippen LogP contribution is 2.32. The van der Waals surface area contributed by atoms with Crippen molar-refractivity contribution < 1.29 is 22.0 Å². The molecule has 2 aromatic carbocycles. The first-order chi connectivity index (χ1) is 21.7. The number of amides is 1.